The Balaban J connectivity index is 0.00000176. The highest BCUT2D eigenvalue weighted by atomic mass is 79.9. The summed E-state index contributed by atoms with van der Waals surface area (Å²) in [5.41, 5.74) is 4.07. The van der Waals surface area contributed by atoms with Crippen LogP contribution in [0.5, 0.6) is 0 Å². The lowest BCUT2D eigenvalue weighted by Gasteiger charge is -2.26. The second-order valence-corrected chi connectivity index (χ2v) is 6.70. The summed E-state index contributed by atoms with van der Waals surface area (Å²) >= 11 is 1.88. The summed E-state index contributed by atoms with van der Waals surface area (Å²) in [6.45, 7) is 7.44. The Kier molecular flexibility index (Phi) is 6.50. The van der Waals surface area contributed by atoms with Gasteiger partial charge in [-0.05, 0) is 37.1 Å². The van der Waals surface area contributed by atoms with Gasteiger partial charge in [0.1, 0.15) is 0 Å². The second kappa shape index (κ2) is 8.16. The fraction of sp³-hybridized carbons (Fsp3) is 0.333. The van der Waals surface area contributed by atoms with E-state index < -0.39 is 0 Å². The lowest BCUT2D eigenvalue weighted by atomic mass is 10.1. The van der Waals surface area contributed by atoms with Gasteiger partial charge in [-0.15, -0.1) is 17.0 Å². The smallest absolute Gasteiger partial charge is 0.0458 e. The third-order valence-corrected chi connectivity index (χ3v) is 5.16. The van der Waals surface area contributed by atoms with Crippen LogP contribution in [-0.2, 0) is 0 Å². The molecule has 1 saturated heterocycles. The van der Waals surface area contributed by atoms with Gasteiger partial charge < -0.3 is 10.6 Å². The van der Waals surface area contributed by atoms with E-state index in [2.05, 4.69) is 66.9 Å². The van der Waals surface area contributed by atoms with Gasteiger partial charge in [0.15, 0.2) is 0 Å². The molecule has 1 fully saturated rings. The van der Waals surface area contributed by atoms with Gasteiger partial charge in [0, 0.05) is 35.5 Å². The number of nitrogens with one attached hydrogen (secondary N) is 2. The van der Waals surface area contributed by atoms with Crippen LogP contribution >= 0.6 is 28.7 Å². The number of aryl methyl sites for hydroxylation is 2. The molecule has 0 amide bonds. The molecule has 0 spiro atoms. The molecular weight excluding hydrogens is 356 g/mol. The van der Waals surface area contributed by atoms with Crippen molar-refractivity contribution in [2.24, 2.45) is 0 Å². The van der Waals surface area contributed by atoms with Gasteiger partial charge in [-0.3, -0.25) is 0 Å². The Morgan fingerprint density at radius 2 is 1.82 bits per heavy atom. The van der Waals surface area contributed by atoms with E-state index >= 15 is 0 Å². The van der Waals surface area contributed by atoms with Gasteiger partial charge >= 0.3 is 0 Å². The molecule has 0 aliphatic carbocycles. The standard InChI is InChI=1S/C18H22N2S.BrH/c1-13-7-8-17(14(2)11-13)21-18-6-4-3-5-15(18)16-12-19-9-10-20-16;/h3-8,11,16,19-20H,9-10,12H2,1-2H3;1H. The molecule has 0 bridgehead atoms. The second-order valence-electron chi connectivity index (χ2n) is 5.62. The Labute approximate surface area is 147 Å². The van der Waals surface area contributed by atoms with E-state index in [1.807, 2.05) is 11.8 Å². The zero-order valence-electron chi connectivity index (χ0n) is 13.1. The number of halogens is 1. The minimum absolute atomic E-state index is 0. The maximum absolute atomic E-state index is 3.61. The molecule has 1 unspecified atom stereocenters. The summed E-state index contributed by atoms with van der Waals surface area (Å²) in [6.07, 6.45) is 0. The number of hydrogen-bond acceptors (Lipinski definition) is 3. The summed E-state index contributed by atoms with van der Waals surface area (Å²) < 4.78 is 0. The summed E-state index contributed by atoms with van der Waals surface area (Å²) in [5, 5.41) is 7.08. The summed E-state index contributed by atoms with van der Waals surface area (Å²) in [7, 11) is 0. The Hall–Kier alpha value is -0.810. The van der Waals surface area contributed by atoms with Crippen LogP contribution in [0, 0.1) is 13.8 Å². The lowest BCUT2D eigenvalue weighted by molar-refractivity contribution is 0.426. The van der Waals surface area contributed by atoms with Crippen LogP contribution in [0.3, 0.4) is 0 Å². The van der Waals surface area contributed by atoms with Crippen molar-refractivity contribution < 1.29 is 0 Å². The molecular formula is C18H23BrN2S. The van der Waals surface area contributed by atoms with Crippen LogP contribution in [0.25, 0.3) is 0 Å². The Morgan fingerprint density at radius 3 is 2.55 bits per heavy atom. The molecule has 1 aliphatic rings. The molecule has 2 aromatic rings. The van der Waals surface area contributed by atoms with Crippen molar-refractivity contribution >= 4 is 28.7 Å². The number of piperazine rings is 1. The third kappa shape index (κ3) is 4.13. The molecule has 22 heavy (non-hydrogen) atoms. The molecule has 2 nitrogen and oxygen atoms in total. The van der Waals surface area contributed by atoms with Crippen molar-refractivity contribution in [1.82, 2.24) is 10.6 Å². The number of benzene rings is 2. The van der Waals surface area contributed by atoms with Gasteiger partial charge in [-0.2, -0.15) is 0 Å². The van der Waals surface area contributed by atoms with Crippen LogP contribution in [0.2, 0.25) is 0 Å². The van der Waals surface area contributed by atoms with Crippen molar-refractivity contribution in [3.05, 3.63) is 59.2 Å². The molecule has 0 saturated carbocycles. The van der Waals surface area contributed by atoms with Crippen molar-refractivity contribution in [1.29, 1.82) is 0 Å². The van der Waals surface area contributed by atoms with Crippen molar-refractivity contribution in [3.63, 3.8) is 0 Å². The first-order valence-corrected chi connectivity index (χ1v) is 8.34. The molecule has 0 radical (unpaired) electrons. The molecule has 1 heterocycles. The van der Waals surface area contributed by atoms with Crippen LogP contribution in [0.15, 0.2) is 52.3 Å². The van der Waals surface area contributed by atoms with Crippen molar-refractivity contribution in [3.8, 4) is 0 Å². The molecule has 2 aromatic carbocycles. The first-order chi connectivity index (χ1) is 10.2. The van der Waals surface area contributed by atoms with Gasteiger partial charge in [-0.1, -0.05) is 47.7 Å². The van der Waals surface area contributed by atoms with E-state index in [0.29, 0.717) is 6.04 Å². The van der Waals surface area contributed by atoms with Gasteiger partial charge in [0.25, 0.3) is 0 Å². The highest BCUT2D eigenvalue weighted by molar-refractivity contribution is 8.93. The number of hydrogen-bond donors (Lipinski definition) is 2. The maximum Gasteiger partial charge on any atom is 0.0458 e. The fourth-order valence-electron chi connectivity index (χ4n) is 2.77. The minimum atomic E-state index is 0. The molecule has 1 atom stereocenters. The zero-order valence-corrected chi connectivity index (χ0v) is 15.6. The SMILES string of the molecule is Br.Cc1ccc(Sc2ccccc2C2CNCCN2)c(C)c1. The van der Waals surface area contributed by atoms with Gasteiger partial charge in [0.2, 0.25) is 0 Å². The van der Waals surface area contributed by atoms with E-state index in [1.54, 1.807) is 0 Å². The summed E-state index contributed by atoms with van der Waals surface area (Å²) in [5.74, 6) is 0. The van der Waals surface area contributed by atoms with Gasteiger partial charge in [-0.25, -0.2) is 0 Å². The van der Waals surface area contributed by atoms with E-state index in [4.69, 9.17) is 0 Å². The molecule has 4 heteroatoms. The normalized spacial score (nSPS) is 17.8. The summed E-state index contributed by atoms with van der Waals surface area (Å²) in [4.78, 5) is 2.70. The van der Waals surface area contributed by atoms with Crippen LogP contribution in [0.4, 0.5) is 0 Å². The molecule has 1 aliphatic heterocycles. The first kappa shape index (κ1) is 17.5. The average Bonchev–Trinajstić information content (AvgIpc) is 2.51. The highest BCUT2D eigenvalue weighted by Gasteiger charge is 2.17. The predicted octanol–water partition coefficient (Wildman–Crippen LogP) is 4.27. The largest absolute Gasteiger partial charge is 0.314 e. The van der Waals surface area contributed by atoms with E-state index in [-0.39, 0.29) is 17.0 Å². The van der Waals surface area contributed by atoms with Crippen LogP contribution < -0.4 is 10.6 Å². The van der Waals surface area contributed by atoms with E-state index in [9.17, 15) is 0 Å². The monoisotopic (exact) mass is 378 g/mol. The van der Waals surface area contributed by atoms with Crippen LogP contribution in [-0.4, -0.2) is 19.6 Å². The highest BCUT2D eigenvalue weighted by Crippen LogP contribution is 2.35. The molecule has 118 valence electrons. The van der Waals surface area contributed by atoms with Gasteiger partial charge in [0.05, 0.1) is 0 Å². The van der Waals surface area contributed by atoms with E-state index in [1.165, 1.54) is 26.5 Å². The molecule has 2 N–H and O–H groups in total. The minimum Gasteiger partial charge on any atom is -0.314 e. The Morgan fingerprint density at radius 1 is 1.00 bits per heavy atom. The topological polar surface area (TPSA) is 24.1 Å². The zero-order chi connectivity index (χ0) is 14.7. The van der Waals surface area contributed by atoms with Crippen LogP contribution in [0.1, 0.15) is 22.7 Å². The summed E-state index contributed by atoms with van der Waals surface area (Å²) in [6, 6.07) is 15.8. The molecule has 0 aromatic heterocycles. The lowest BCUT2D eigenvalue weighted by Crippen LogP contribution is -2.42. The maximum atomic E-state index is 3.61. The molecule has 3 rings (SSSR count). The van der Waals surface area contributed by atoms with Crippen molar-refractivity contribution in [2.45, 2.75) is 29.7 Å². The third-order valence-electron chi connectivity index (χ3n) is 3.89. The van der Waals surface area contributed by atoms with Crippen molar-refractivity contribution in [2.75, 3.05) is 19.6 Å². The predicted molar refractivity (Wildman–Crippen MR) is 100 cm³/mol. The fourth-order valence-corrected chi connectivity index (χ4v) is 3.83. The average molecular weight is 379 g/mol. The van der Waals surface area contributed by atoms with E-state index in [0.717, 1.165) is 19.6 Å². The quantitative estimate of drug-likeness (QED) is 0.833. The Bertz CT molecular complexity index is 624. The first-order valence-electron chi connectivity index (χ1n) is 7.52. The number of rotatable bonds is 3.